The molecule has 0 aromatic heterocycles. The van der Waals surface area contributed by atoms with Crippen molar-refractivity contribution in [3.63, 3.8) is 0 Å². The van der Waals surface area contributed by atoms with Gasteiger partial charge in [0.05, 0.1) is 10.3 Å². The van der Waals surface area contributed by atoms with E-state index in [0.29, 0.717) is 5.66 Å². The molecule has 0 nitrogen and oxygen atoms in total. The predicted octanol–water partition coefficient (Wildman–Crippen LogP) is 10.7. The molecule has 3 atom stereocenters. The van der Waals surface area contributed by atoms with E-state index in [2.05, 4.69) is 166 Å². The van der Waals surface area contributed by atoms with Crippen LogP contribution < -0.4 is 0 Å². The fourth-order valence-corrected chi connectivity index (χ4v) is 19.7. The quantitative estimate of drug-likeness (QED) is 0.189. The average Bonchev–Trinajstić information content (AvgIpc) is 3.50. The maximum absolute atomic E-state index is 2.47. The molecule has 0 aliphatic carbocycles. The number of allylic oxidation sites excluding steroid dienone is 1. The van der Waals surface area contributed by atoms with Crippen molar-refractivity contribution in [2.45, 2.75) is 29.8 Å². The van der Waals surface area contributed by atoms with Crippen molar-refractivity contribution in [1.82, 2.24) is 0 Å². The topological polar surface area (TPSA) is 0 Å². The van der Waals surface area contributed by atoms with Crippen LogP contribution in [0.2, 0.25) is 0 Å². The van der Waals surface area contributed by atoms with Crippen LogP contribution >= 0.6 is 15.2 Å². The number of hydrogen-bond donors (Lipinski definition) is 0. The zero-order chi connectivity index (χ0) is 26.5. The molecule has 2 aliphatic rings. The van der Waals surface area contributed by atoms with Crippen LogP contribution in [0.5, 0.6) is 0 Å². The van der Waals surface area contributed by atoms with Crippen molar-refractivity contribution in [2.75, 3.05) is 0 Å². The molecule has 190 valence electrons. The summed E-state index contributed by atoms with van der Waals surface area (Å²) in [5.41, 5.74) is 9.27. The lowest BCUT2D eigenvalue weighted by molar-refractivity contribution is 0.726. The van der Waals surface area contributed by atoms with Crippen LogP contribution in [0.4, 0.5) is 0 Å². The van der Waals surface area contributed by atoms with Gasteiger partial charge in [0.2, 0.25) is 0 Å². The van der Waals surface area contributed by atoms with Crippen LogP contribution in [0.1, 0.15) is 41.7 Å². The third-order valence-electron chi connectivity index (χ3n) is 8.33. The second-order valence-corrected chi connectivity index (χ2v) is 17.4. The van der Waals surface area contributed by atoms with Gasteiger partial charge >= 0.3 is 0 Å². The lowest BCUT2D eigenvalue weighted by Crippen LogP contribution is -2.26. The fourth-order valence-electron chi connectivity index (χ4n) is 7.00. The molecular weight excluding hydrogens is 506 g/mol. The number of benzene rings is 5. The fraction of sp³-hybridized carbons (Fsp3) is 0.135. The lowest BCUT2D eigenvalue weighted by atomic mass is 9.71. The van der Waals surface area contributed by atoms with Gasteiger partial charge in [-0.15, -0.1) is 0 Å². The summed E-state index contributed by atoms with van der Waals surface area (Å²) < 4.78 is 0. The third-order valence-corrected chi connectivity index (χ3v) is 18.5. The highest BCUT2D eigenvalue weighted by atomic mass is 32.1. The first-order valence-electron chi connectivity index (χ1n) is 13.8. The van der Waals surface area contributed by atoms with Gasteiger partial charge in [0.15, 0.2) is 0 Å². The second-order valence-electron chi connectivity index (χ2n) is 10.7. The molecule has 0 amide bonds. The van der Waals surface area contributed by atoms with Gasteiger partial charge in [0.25, 0.3) is 0 Å². The van der Waals surface area contributed by atoms with E-state index in [9.17, 15) is 0 Å². The Morgan fingerprint density at radius 2 is 0.795 bits per heavy atom. The zero-order valence-corrected chi connectivity index (χ0v) is 24.2. The molecule has 0 N–H and O–H groups in total. The largest absolute Gasteiger partial charge is 0.0648 e. The highest BCUT2D eigenvalue weighted by Crippen LogP contribution is 3.13. The predicted molar refractivity (Wildman–Crippen MR) is 170 cm³/mol. The SMILES string of the molecule is CC(C)[P@@]1C(c2ccccc2)=C(c2ccccc2)[C@]2(c3ccccc3)[P@]1C2(c1ccccc1)c1ccccc1. The van der Waals surface area contributed by atoms with Crippen LogP contribution in [0, 0.1) is 0 Å². The molecule has 1 saturated heterocycles. The number of rotatable bonds is 6. The molecule has 7 rings (SSSR count). The van der Waals surface area contributed by atoms with Gasteiger partial charge < -0.3 is 0 Å². The molecule has 2 aliphatic heterocycles. The molecule has 39 heavy (non-hydrogen) atoms. The monoisotopic (exact) mass is 538 g/mol. The molecule has 0 bridgehead atoms. The highest BCUT2D eigenvalue weighted by Gasteiger charge is 2.85. The summed E-state index contributed by atoms with van der Waals surface area (Å²) in [6, 6.07) is 57.0. The molecule has 2 heterocycles. The highest BCUT2D eigenvalue weighted by molar-refractivity contribution is 8.39. The van der Waals surface area contributed by atoms with Gasteiger partial charge in [-0.25, -0.2) is 0 Å². The molecule has 1 fully saturated rings. The Balaban J connectivity index is 1.68. The minimum atomic E-state index is -0.497. The molecule has 0 unspecified atom stereocenters. The van der Waals surface area contributed by atoms with Crippen LogP contribution in [-0.4, -0.2) is 5.66 Å². The van der Waals surface area contributed by atoms with Gasteiger partial charge in [-0.3, -0.25) is 0 Å². The van der Waals surface area contributed by atoms with E-state index in [4.69, 9.17) is 0 Å². The molecule has 0 spiro atoms. The zero-order valence-electron chi connectivity index (χ0n) is 22.4. The summed E-state index contributed by atoms with van der Waals surface area (Å²) in [4.78, 5) is 0. The van der Waals surface area contributed by atoms with Crippen molar-refractivity contribution in [3.05, 3.63) is 179 Å². The van der Waals surface area contributed by atoms with Crippen molar-refractivity contribution in [2.24, 2.45) is 0 Å². The van der Waals surface area contributed by atoms with E-state index >= 15 is 0 Å². The van der Waals surface area contributed by atoms with Crippen LogP contribution in [0.3, 0.4) is 0 Å². The second kappa shape index (κ2) is 9.71. The van der Waals surface area contributed by atoms with Crippen molar-refractivity contribution >= 4 is 26.1 Å². The van der Waals surface area contributed by atoms with Gasteiger partial charge in [-0.1, -0.05) is 166 Å². The Labute approximate surface area is 234 Å². The van der Waals surface area contributed by atoms with Gasteiger partial charge in [0, 0.05) is 0 Å². The summed E-state index contributed by atoms with van der Waals surface area (Å²) >= 11 is 0. The summed E-state index contributed by atoms with van der Waals surface area (Å²) in [5.74, 6) is 0. The molecule has 0 radical (unpaired) electrons. The third kappa shape index (κ3) is 3.45. The van der Waals surface area contributed by atoms with Crippen LogP contribution in [0.25, 0.3) is 10.9 Å². The Kier molecular flexibility index (Phi) is 6.16. The Morgan fingerprint density at radius 3 is 1.21 bits per heavy atom. The Morgan fingerprint density at radius 1 is 0.436 bits per heavy atom. The standard InChI is InChI=1S/C37H32P2/c1-28(2)38-35(30-20-10-4-11-21-30)34(29-18-8-3-9-19-29)37(33-26-16-7-17-27-33)36(39(37)38,31-22-12-5-13-23-31)32-24-14-6-15-25-32/h3-28H,1-2H3/t37-,38-,39-/m0/s1. The maximum atomic E-state index is 2.47. The first-order chi connectivity index (χ1) is 19.2. The van der Waals surface area contributed by atoms with Crippen molar-refractivity contribution < 1.29 is 0 Å². The number of fused-ring (bicyclic) bond motifs is 1. The minimum absolute atomic E-state index is 0.0777. The smallest absolute Gasteiger partial charge is 0.0622 e. The molecule has 2 heteroatoms. The molecular formula is C37H32P2. The van der Waals surface area contributed by atoms with Crippen molar-refractivity contribution in [3.8, 4) is 0 Å². The first-order valence-corrected chi connectivity index (χ1v) is 17.3. The molecule has 5 aromatic rings. The van der Waals surface area contributed by atoms with E-state index in [1.807, 2.05) is 0 Å². The summed E-state index contributed by atoms with van der Waals surface area (Å²) in [6.07, 6.45) is 0. The van der Waals surface area contributed by atoms with Gasteiger partial charge in [-0.05, 0) is 59.6 Å². The summed E-state index contributed by atoms with van der Waals surface area (Å²) in [7, 11) is -0.954. The number of hydrogen-bond acceptors (Lipinski definition) is 0. The van der Waals surface area contributed by atoms with E-state index in [-0.39, 0.29) is 10.3 Å². The van der Waals surface area contributed by atoms with Crippen LogP contribution in [-0.2, 0) is 10.3 Å². The minimum Gasteiger partial charge on any atom is -0.0622 e. The maximum Gasteiger partial charge on any atom is 0.0648 e. The molecule has 0 saturated carbocycles. The van der Waals surface area contributed by atoms with E-state index in [0.717, 1.165) is 0 Å². The summed E-state index contributed by atoms with van der Waals surface area (Å²) in [6.45, 7) is 4.94. The average molecular weight is 539 g/mol. The molecule has 5 aromatic carbocycles. The van der Waals surface area contributed by atoms with E-state index in [1.165, 1.54) is 27.8 Å². The van der Waals surface area contributed by atoms with Gasteiger partial charge in [0.1, 0.15) is 0 Å². The van der Waals surface area contributed by atoms with Crippen molar-refractivity contribution in [1.29, 1.82) is 0 Å². The lowest BCUT2D eigenvalue weighted by Gasteiger charge is -2.34. The Bertz CT molecular complexity index is 1570. The van der Waals surface area contributed by atoms with E-state index < -0.39 is 15.2 Å². The van der Waals surface area contributed by atoms with Crippen LogP contribution in [0.15, 0.2) is 152 Å². The summed E-state index contributed by atoms with van der Waals surface area (Å²) in [5, 5.41) is 1.43. The van der Waals surface area contributed by atoms with Gasteiger partial charge in [-0.2, -0.15) is 0 Å². The first kappa shape index (κ1) is 24.7. The van der Waals surface area contributed by atoms with E-state index in [1.54, 1.807) is 10.9 Å². The normalized spacial score (nSPS) is 23.1. The Hall–Kier alpha value is -3.30.